The summed E-state index contributed by atoms with van der Waals surface area (Å²) in [5.41, 5.74) is 5.15. The molecule has 4 N–H and O–H groups in total. The number of benzene rings is 4. The van der Waals surface area contributed by atoms with Crippen LogP contribution in [0.3, 0.4) is 0 Å². The topological polar surface area (TPSA) is 122 Å². The Morgan fingerprint density at radius 2 is 1.31 bits per heavy atom. The predicted molar refractivity (Wildman–Crippen MR) is 164 cm³/mol. The standard InChI is InChI=1S/C33H34N4O5/c1-21-10-17-26(35-33(34)37-32(39)25-18-28(40-2)30(42-4)29(19-25)41-3)20-27(21)36-31(38)24-15-13-23(14-16-24)12-11-22-8-6-5-7-9-22/h5-10,13-20H,11-12H2,1-4H3,(H,36,38)(H3,34,35,37,39). The number of aryl methyl sites for hydroxylation is 3. The fraction of sp³-hybridized carbons (Fsp3) is 0.182. The third-order valence-corrected chi connectivity index (χ3v) is 6.68. The molecular weight excluding hydrogens is 532 g/mol. The summed E-state index contributed by atoms with van der Waals surface area (Å²) < 4.78 is 15.9. The van der Waals surface area contributed by atoms with Gasteiger partial charge in [-0.05, 0) is 72.9 Å². The number of rotatable bonds is 10. The molecule has 216 valence electrons. The lowest BCUT2D eigenvalue weighted by Gasteiger charge is -2.15. The van der Waals surface area contributed by atoms with Gasteiger partial charge < -0.3 is 24.8 Å². The molecule has 0 spiro atoms. The van der Waals surface area contributed by atoms with Gasteiger partial charge in [-0.1, -0.05) is 48.5 Å². The van der Waals surface area contributed by atoms with Crippen molar-refractivity contribution in [2.75, 3.05) is 32.0 Å². The van der Waals surface area contributed by atoms with E-state index >= 15 is 0 Å². The smallest absolute Gasteiger partial charge is 0.258 e. The average molecular weight is 567 g/mol. The highest BCUT2D eigenvalue weighted by atomic mass is 16.5. The lowest BCUT2D eigenvalue weighted by molar-refractivity contribution is 0.0974. The van der Waals surface area contributed by atoms with Gasteiger partial charge in [-0.3, -0.25) is 20.3 Å². The Hall–Kier alpha value is -5.31. The molecule has 0 bridgehead atoms. The van der Waals surface area contributed by atoms with E-state index in [1.165, 1.54) is 39.0 Å². The fourth-order valence-electron chi connectivity index (χ4n) is 4.36. The molecule has 9 nitrogen and oxygen atoms in total. The van der Waals surface area contributed by atoms with Crippen molar-refractivity contribution in [1.82, 2.24) is 5.32 Å². The van der Waals surface area contributed by atoms with Crippen LogP contribution < -0.4 is 30.2 Å². The molecule has 0 aliphatic carbocycles. The first kappa shape index (κ1) is 29.7. The van der Waals surface area contributed by atoms with Gasteiger partial charge in [0.1, 0.15) is 0 Å². The van der Waals surface area contributed by atoms with Gasteiger partial charge in [0.2, 0.25) is 5.75 Å². The molecule has 42 heavy (non-hydrogen) atoms. The van der Waals surface area contributed by atoms with Crippen molar-refractivity contribution >= 4 is 29.1 Å². The number of methoxy groups -OCH3 is 3. The number of carbonyl (C=O) groups is 2. The molecule has 4 aromatic rings. The van der Waals surface area contributed by atoms with Gasteiger partial charge in [-0.15, -0.1) is 0 Å². The second kappa shape index (κ2) is 13.8. The lowest BCUT2D eigenvalue weighted by atomic mass is 10.0. The molecule has 0 aliphatic rings. The van der Waals surface area contributed by atoms with Gasteiger partial charge in [-0.2, -0.15) is 0 Å². The van der Waals surface area contributed by atoms with Crippen LogP contribution in [0.2, 0.25) is 0 Å². The normalized spacial score (nSPS) is 10.4. The highest BCUT2D eigenvalue weighted by Gasteiger charge is 2.18. The van der Waals surface area contributed by atoms with Crippen LogP contribution in [0.4, 0.5) is 11.4 Å². The van der Waals surface area contributed by atoms with Gasteiger partial charge in [-0.25, -0.2) is 0 Å². The Morgan fingerprint density at radius 3 is 1.90 bits per heavy atom. The van der Waals surface area contributed by atoms with Crippen LogP contribution in [0, 0.1) is 12.3 Å². The Labute approximate surface area is 245 Å². The van der Waals surface area contributed by atoms with E-state index in [0.29, 0.717) is 34.2 Å². The molecule has 0 unspecified atom stereocenters. The van der Waals surface area contributed by atoms with E-state index in [1.54, 1.807) is 12.1 Å². The second-order valence-corrected chi connectivity index (χ2v) is 9.53. The van der Waals surface area contributed by atoms with Gasteiger partial charge in [0.05, 0.1) is 21.3 Å². The number of nitrogens with one attached hydrogen (secondary N) is 4. The molecule has 0 aliphatic heterocycles. The van der Waals surface area contributed by atoms with Gasteiger partial charge in [0.15, 0.2) is 17.5 Å². The average Bonchev–Trinajstić information content (AvgIpc) is 3.01. The minimum absolute atomic E-state index is 0.221. The van der Waals surface area contributed by atoms with Crippen molar-refractivity contribution in [3.63, 3.8) is 0 Å². The molecule has 0 radical (unpaired) electrons. The van der Waals surface area contributed by atoms with Gasteiger partial charge >= 0.3 is 0 Å². The zero-order valence-electron chi connectivity index (χ0n) is 24.0. The second-order valence-electron chi connectivity index (χ2n) is 9.53. The van der Waals surface area contributed by atoms with Gasteiger partial charge in [0, 0.05) is 22.5 Å². The van der Waals surface area contributed by atoms with Crippen LogP contribution in [0.1, 0.15) is 37.4 Å². The summed E-state index contributed by atoms with van der Waals surface area (Å²) >= 11 is 0. The Kier molecular flexibility index (Phi) is 9.78. The number of hydrogen-bond donors (Lipinski definition) is 4. The van der Waals surface area contributed by atoms with Crippen LogP contribution >= 0.6 is 0 Å². The van der Waals surface area contributed by atoms with Crippen molar-refractivity contribution in [2.45, 2.75) is 19.8 Å². The van der Waals surface area contributed by atoms with E-state index in [2.05, 4.69) is 28.1 Å². The monoisotopic (exact) mass is 566 g/mol. The maximum absolute atomic E-state index is 13.0. The molecule has 4 rings (SSSR count). The van der Waals surface area contributed by atoms with Crippen LogP contribution in [-0.4, -0.2) is 39.1 Å². The SMILES string of the molecule is COc1cc(C(=O)NC(=N)Nc2ccc(C)c(NC(=O)c3ccc(CCc4ccccc4)cc3)c2)cc(OC)c1OC. The van der Waals surface area contributed by atoms with E-state index < -0.39 is 5.91 Å². The summed E-state index contributed by atoms with van der Waals surface area (Å²) in [5.74, 6) is -0.0290. The molecule has 0 saturated carbocycles. The molecule has 0 aromatic heterocycles. The summed E-state index contributed by atoms with van der Waals surface area (Å²) in [6.45, 7) is 1.88. The van der Waals surface area contributed by atoms with Crippen LogP contribution in [-0.2, 0) is 12.8 Å². The van der Waals surface area contributed by atoms with E-state index in [-0.39, 0.29) is 17.4 Å². The first-order chi connectivity index (χ1) is 20.3. The maximum atomic E-state index is 13.0. The summed E-state index contributed by atoms with van der Waals surface area (Å²) in [5, 5.41) is 16.6. The summed E-state index contributed by atoms with van der Waals surface area (Å²) in [6, 6.07) is 26.2. The molecule has 0 saturated heterocycles. The predicted octanol–water partition coefficient (Wildman–Crippen LogP) is 5.83. The fourth-order valence-corrected chi connectivity index (χ4v) is 4.36. The highest BCUT2D eigenvalue weighted by molar-refractivity contribution is 6.10. The van der Waals surface area contributed by atoms with Crippen molar-refractivity contribution in [3.05, 3.63) is 113 Å². The Morgan fingerprint density at radius 1 is 0.690 bits per heavy atom. The number of amides is 2. The van der Waals surface area contributed by atoms with Crippen molar-refractivity contribution in [2.24, 2.45) is 0 Å². The molecular formula is C33H34N4O5. The third kappa shape index (κ3) is 7.45. The van der Waals surface area contributed by atoms with Crippen molar-refractivity contribution in [3.8, 4) is 17.2 Å². The lowest BCUT2D eigenvalue weighted by Crippen LogP contribution is -2.35. The van der Waals surface area contributed by atoms with Crippen LogP contribution in [0.15, 0.2) is 84.9 Å². The summed E-state index contributed by atoms with van der Waals surface area (Å²) in [6.07, 6.45) is 1.82. The maximum Gasteiger partial charge on any atom is 0.258 e. The van der Waals surface area contributed by atoms with E-state index in [0.717, 1.165) is 24.0 Å². The molecule has 0 atom stereocenters. The first-order valence-electron chi connectivity index (χ1n) is 13.3. The van der Waals surface area contributed by atoms with Crippen LogP contribution in [0.5, 0.6) is 17.2 Å². The number of guanidine groups is 1. The summed E-state index contributed by atoms with van der Waals surface area (Å²) in [4.78, 5) is 25.8. The summed E-state index contributed by atoms with van der Waals surface area (Å²) in [7, 11) is 4.39. The molecule has 0 fully saturated rings. The zero-order valence-corrected chi connectivity index (χ0v) is 24.0. The largest absolute Gasteiger partial charge is 0.493 e. The number of ether oxygens (including phenoxy) is 3. The third-order valence-electron chi connectivity index (χ3n) is 6.68. The van der Waals surface area contributed by atoms with Crippen molar-refractivity contribution in [1.29, 1.82) is 5.41 Å². The molecule has 0 heterocycles. The van der Waals surface area contributed by atoms with Gasteiger partial charge in [0.25, 0.3) is 11.8 Å². The number of carbonyl (C=O) groups excluding carboxylic acids is 2. The first-order valence-corrected chi connectivity index (χ1v) is 13.3. The quantitative estimate of drug-likeness (QED) is 0.141. The minimum Gasteiger partial charge on any atom is -0.493 e. The number of anilines is 2. The number of hydrogen-bond acceptors (Lipinski definition) is 6. The van der Waals surface area contributed by atoms with Crippen LogP contribution in [0.25, 0.3) is 0 Å². The zero-order chi connectivity index (χ0) is 30.1. The van der Waals surface area contributed by atoms with Crippen molar-refractivity contribution < 1.29 is 23.8 Å². The van der Waals surface area contributed by atoms with E-state index in [4.69, 9.17) is 19.6 Å². The minimum atomic E-state index is -0.542. The van der Waals surface area contributed by atoms with E-state index in [1.807, 2.05) is 55.5 Å². The molecule has 2 amide bonds. The molecule has 9 heteroatoms. The highest BCUT2D eigenvalue weighted by Crippen LogP contribution is 2.38. The Bertz CT molecular complexity index is 1540. The Balaban J connectivity index is 1.37. The van der Waals surface area contributed by atoms with E-state index in [9.17, 15) is 9.59 Å². The molecule has 4 aromatic carbocycles.